The van der Waals surface area contributed by atoms with Gasteiger partial charge in [-0.1, -0.05) is 24.3 Å². The number of rotatable bonds is 3. The summed E-state index contributed by atoms with van der Waals surface area (Å²) in [5, 5.41) is 10.6. The molecule has 0 unspecified atom stereocenters. The summed E-state index contributed by atoms with van der Waals surface area (Å²) in [6, 6.07) is 17.0. The fourth-order valence-electron chi connectivity index (χ4n) is 1.25. The number of hydrogen-bond donors (Lipinski definition) is 1. The molecule has 0 aromatic heterocycles. The highest BCUT2D eigenvalue weighted by Gasteiger charge is 2.17. The second-order valence-corrected chi connectivity index (χ2v) is 7.44. The van der Waals surface area contributed by atoms with E-state index in [1.165, 1.54) is 9.64 Å². The lowest BCUT2D eigenvalue weighted by Gasteiger charge is -1.89. The van der Waals surface area contributed by atoms with Crippen molar-refractivity contribution >= 4 is 16.1 Å². The summed E-state index contributed by atoms with van der Waals surface area (Å²) in [5.74, 6) is 0. The molecule has 0 aliphatic carbocycles. The van der Waals surface area contributed by atoms with Gasteiger partial charge in [0.05, 0.1) is 11.0 Å². The fourth-order valence-corrected chi connectivity index (χ4v) is 3.61. The van der Waals surface area contributed by atoms with E-state index in [0.717, 1.165) is 3.57 Å². The molecule has 0 radical (unpaired) electrons. The average Bonchev–Trinajstić information content (AvgIpc) is 2.38. The summed E-state index contributed by atoms with van der Waals surface area (Å²) in [5.41, 5.74) is 0.174. The molecular weight excluding hydrogens is 413 g/mol. The maximum Gasteiger partial charge on any atom is 0.358 e. The van der Waals surface area contributed by atoms with Crippen LogP contribution in [0.4, 0.5) is 5.69 Å². The molecule has 0 saturated heterocycles. The molecule has 0 bridgehead atoms. The Labute approximate surface area is 131 Å². The number of nitrogens with zero attached hydrogens (tertiary/aromatic N) is 1. The summed E-state index contributed by atoms with van der Waals surface area (Å²) >= 11 is -0.318. The van der Waals surface area contributed by atoms with Gasteiger partial charge in [0.1, 0.15) is 0 Å². The van der Waals surface area contributed by atoms with E-state index in [2.05, 4.69) is 12.1 Å². The van der Waals surface area contributed by atoms with Gasteiger partial charge in [0.25, 0.3) is 5.69 Å². The van der Waals surface area contributed by atoms with Crippen molar-refractivity contribution in [3.05, 3.63) is 71.9 Å². The van der Waals surface area contributed by atoms with Crippen LogP contribution in [0.5, 0.6) is 0 Å². The quantitative estimate of drug-likeness (QED) is 0.216. The number of nitro groups is 1. The minimum Gasteiger partial charge on any atom is -0.726 e. The van der Waals surface area contributed by atoms with Crippen molar-refractivity contribution in [3.63, 3.8) is 0 Å². The third-order valence-corrected chi connectivity index (χ3v) is 4.61. The minimum absolute atomic E-state index is 0.174. The Morgan fingerprint density at radius 2 is 1.52 bits per heavy atom. The third kappa shape index (κ3) is 8.34. The van der Waals surface area contributed by atoms with Gasteiger partial charge in [-0.25, -0.2) is 8.42 Å². The lowest BCUT2D eigenvalue weighted by Crippen LogP contribution is -3.61. The van der Waals surface area contributed by atoms with Gasteiger partial charge in [-0.15, -0.1) is 0 Å². The molecule has 0 heterocycles. The first kappa shape index (κ1) is 17.5. The van der Waals surface area contributed by atoms with Crippen LogP contribution in [-0.2, 0) is 10.4 Å². The Hall–Kier alpha value is -1.56. The number of hydrogen-bond acceptors (Lipinski definition) is 5. The molecule has 2 aromatic rings. The highest BCUT2D eigenvalue weighted by molar-refractivity contribution is 7.79. The van der Waals surface area contributed by atoms with Crippen LogP contribution in [0.15, 0.2) is 54.6 Å². The third-order valence-electron chi connectivity index (χ3n) is 1.97. The molecule has 0 fully saturated rings. The second-order valence-electron chi connectivity index (χ2n) is 3.55. The maximum absolute atomic E-state index is 10.6. The Bertz CT molecular complexity index is 697. The molecule has 1 N–H and O–H groups in total. The first-order chi connectivity index (χ1) is 9.75. The van der Waals surface area contributed by atoms with Crippen molar-refractivity contribution < 1.29 is 43.7 Å². The summed E-state index contributed by atoms with van der Waals surface area (Å²) < 4.78 is 35.2. The largest absolute Gasteiger partial charge is 0.726 e. The van der Waals surface area contributed by atoms with Crippen molar-refractivity contribution in [2.75, 3.05) is 0 Å². The van der Waals surface area contributed by atoms with Crippen LogP contribution in [0.1, 0.15) is 0 Å². The molecule has 112 valence electrons. The molecule has 2 aromatic carbocycles. The van der Waals surface area contributed by atoms with Crippen LogP contribution in [-0.4, -0.2) is 22.4 Å². The highest BCUT2D eigenvalue weighted by atomic mass is 127. The molecule has 7 nitrogen and oxygen atoms in total. The molecule has 0 spiro atoms. The van der Waals surface area contributed by atoms with E-state index in [1.807, 2.05) is 24.3 Å². The van der Waals surface area contributed by atoms with Gasteiger partial charge >= 0.3 is 21.2 Å². The Morgan fingerprint density at radius 1 is 1.00 bits per heavy atom. The van der Waals surface area contributed by atoms with Gasteiger partial charge in [0, 0.05) is 6.07 Å². The molecule has 21 heavy (non-hydrogen) atoms. The van der Waals surface area contributed by atoms with E-state index in [0.29, 0.717) is 0 Å². The van der Waals surface area contributed by atoms with Gasteiger partial charge in [-0.05, 0) is 18.2 Å². The van der Waals surface area contributed by atoms with Gasteiger partial charge < -0.3 is 4.55 Å². The number of halogens is 1. The van der Waals surface area contributed by atoms with Crippen molar-refractivity contribution in [2.24, 2.45) is 0 Å². The zero-order valence-corrected chi connectivity index (χ0v) is 13.4. The highest BCUT2D eigenvalue weighted by Crippen LogP contribution is 2.07. The van der Waals surface area contributed by atoms with Crippen molar-refractivity contribution in [1.82, 2.24) is 0 Å². The first-order valence-electron chi connectivity index (χ1n) is 5.38. The summed E-state index contributed by atoms with van der Waals surface area (Å²) in [6.45, 7) is 0. The molecule has 0 amide bonds. The molecular formula is C12H10INO6S. The fraction of sp³-hybridized carbons (Fsp3) is 0. The monoisotopic (exact) mass is 423 g/mol. The molecule has 9 heteroatoms. The molecule has 0 atom stereocenters. The van der Waals surface area contributed by atoms with E-state index < -0.39 is 10.4 Å². The van der Waals surface area contributed by atoms with Gasteiger partial charge in [0.15, 0.2) is 3.57 Å². The zero-order valence-electron chi connectivity index (χ0n) is 10.4. The van der Waals surface area contributed by atoms with Crippen LogP contribution in [0.3, 0.4) is 0 Å². The SMILES string of the molecule is O=S(=O)([O-])O.O=[N+]([O-])c1cccc([I+]c2ccccc2)c1. The molecule has 2 rings (SSSR count). The van der Waals surface area contributed by atoms with Gasteiger partial charge in [-0.2, -0.15) is 0 Å². The van der Waals surface area contributed by atoms with E-state index >= 15 is 0 Å². The second kappa shape index (κ2) is 8.02. The van der Waals surface area contributed by atoms with Gasteiger partial charge in [-0.3, -0.25) is 14.7 Å². The summed E-state index contributed by atoms with van der Waals surface area (Å²) in [6.07, 6.45) is 0. The van der Waals surface area contributed by atoms with E-state index in [1.54, 1.807) is 12.1 Å². The topological polar surface area (TPSA) is 121 Å². The summed E-state index contributed by atoms with van der Waals surface area (Å²) in [7, 11) is -4.92. The molecule has 0 saturated carbocycles. The maximum atomic E-state index is 10.6. The molecule has 0 aliphatic heterocycles. The zero-order chi connectivity index (χ0) is 15.9. The predicted molar refractivity (Wildman–Crippen MR) is 69.3 cm³/mol. The minimum atomic E-state index is -4.92. The van der Waals surface area contributed by atoms with Crippen LogP contribution >= 0.6 is 0 Å². The Kier molecular flexibility index (Phi) is 6.68. The van der Waals surface area contributed by atoms with Crippen LogP contribution < -0.4 is 21.2 Å². The Morgan fingerprint density at radius 3 is 2.05 bits per heavy atom. The predicted octanol–water partition coefficient (Wildman–Crippen LogP) is -1.27. The lowest BCUT2D eigenvalue weighted by atomic mass is 10.3. The number of non-ortho nitro benzene ring substituents is 1. The number of nitro benzene ring substituents is 1. The first-order valence-corrected chi connectivity index (χ1v) is 8.90. The van der Waals surface area contributed by atoms with Crippen LogP contribution in [0.2, 0.25) is 0 Å². The number of benzene rings is 2. The standard InChI is InChI=1S/C12H9INO2.H2O4S/c15-14(16)12-8-4-7-11(9-12)13-10-5-2-1-3-6-10;1-5(2,3)4/h1-9H;(H2,1,2,3,4)/q+1;/p-1. The Balaban J connectivity index is 0.000000383. The molecule has 0 aliphatic rings. The van der Waals surface area contributed by atoms with Gasteiger partial charge in [0.2, 0.25) is 14.0 Å². The van der Waals surface area contributed by atoms with Crippen LogP contribution in [0.25, 0.3) is 0 Å². The average molecular weight is 423 g/mol. The van der Waals surface area contributed by atoms with E-state index in [9.17, 15) is 10.1 Å². The van der Waals surface area contributed by atoms with Crippen molar-refractivity contribution in [3.8, 4) is 0 Å². The normalized spacial score (nSPS) is 10.4. The summed E-state index contributed by atoms with van der Waals surface area (Å²) in [4.78, 5) is 10.3. The smallest absolute Gasteiger partial charge is 0.358 e. The van der Waals surface area contributed by atoms with Crippen molar-refractivity contribution in [1.29, 1.82) is 0 Å². The van der Waals surface area contributed by atoms with Crippen LogP contribution in [0, 0.1) is 17.3 Å². The van der Waals surface area contributed by atoms with E-state index in [-0.39, 0.29) is 31.8 Å². The lowest BCUT2D eigenvalue weighted by molar-refractivity contribution is -0.597. The van der Waals surface area contributed by atoms with Crippen molar-refractivity contribution in [2.45, 2.75) is 0 Å². The van der Waals surface area contributed by atoms with E-state index in [4.69, 9.17) is 17.5 Å².